The molecule has 1 atom stereocenters. The Labute approximate surface area is 179 Å². The van der Waals surface area contributed by atoms with Crippen LogP contribution in [0.15, 0.2) is 65.0 Å². The fourth-order valence-electron chi connectivity index (χ4n) is 3.72. The van der Waals surface area contributed by atoms with Crippen LogP contribution in [-0.4, -0.2) is 15.5 Å². The van der Waals surface area contributed by atoms with Crippen molar-refractivity contribution < 1.29 is 4.79 Å². The number of benzene rings is 2. The SMILES string of the molecule is CCC(C(=O)Nc1c(C)cccc1C)n1cnc2scc(-c3ccccc3)c2c1=O. The highest BCUT2D eigenvalue weighted by molar-refractivity contribution is 7.17. The van der Waals surface area contributed by atoms with Gasteiger partial charge in [0.15, 0.2) is 0 Å². The first kappa shape index (κ1) is 20.0. The van der Waals surface area contributed by atoms with E-state index in [1.54, 1.807) is 0 Å². The Hall–Kier alpha value is -3.25. The Morgan fingerprint density at radius 2 is 1.80 bits per heavy atom. The molecule has 6 heteroatoms. The van der Waals surface area contributed by atoms with Crippen molar-refractivity contribution in [1.82, 2.24) is 9.55 Å². The van der Waals surface area contributed by atoms with Crippen molar-refractivity contribution >= 4 is 33.1 Å². The van der Waals surface area contributed by atoms with Crippen LogP contribution in [0.1, 0.15) is 30.5 Å². The average molecular weight is 418 g/mol. The van der Waals surface area contributed by atoms with Crippen molar-refractivity contribution in [2.75, 3.05) is 5.32 Å². The third-order valence-electron chi connectivity index (χ3n) is 5.36. The van der Waals surface area contributed by atoms with E-state index in [0.717, 1.165) is 27.9 Å². The second kappa shape index (κ2) is 8.24. The van der Waals surface area contributed by atoms with Crippen molar-refractivity contribution in [2.24, 2.45) is 0 Å². The molecule has 30 heavy (non-hydrogen) atoms. The molecule has 2 aromatic carbocycles. The van der Waals surface area contributed by atoms with E-state index in [2.05, 4.69) is 10.3 Å². The number of carbonyl (C=O) groups excluding carboxylic acids is 1. The molecule has 0 saturated carbocycles. The topological polar surface area (TPSA) is 64.0 Å². The van der Waals surface area contributed by atoms with Crippen LogP contribution in [0.4, 0.5) is 5.69 Å². The smallest absolute Gasteiger partial charge is 0.263 e. The minimum atomic E-state index is -0.642. The number of hydrogen-bond donors (Lipinski definition) is 1. The maximum Gasteiger partial charge on any atom is 0.263 e. The molecule has 4 aromatic rings. The molecule has 0 radical (unpaired) electrons. The van der Waals surface area contributed by atoms with E-state index < -0.39 is 6.04 Å². The highest BCUT2D eigenvalue weighted by Crippen LogP contribution is 2.31. The molecule has 1 N–H and O–H groups in total. The van der Waals surface area contributed by atoms with E-state index in [9.17, 15) is 9.59 Å². The predicted molar refractivity (Wildman–Crippen MR) is 123 cm³/mol. The van der Waals surface area contributed by atoms with E-state index in [-0.39, 0.29) is 11.5 Å². The molecule has 0 aliphatic rings. The molecule has 152 valence electrons. The Bertz CT molecular complexity index is 1250. The van der Waals surface area contributed by atoms with Gasteiger partial charge < -0.3 is 5.32 Å². The zero-order chi connectivity index (χ0) is 21.3. The summed E-state index contributed by atoms with van der Waals surface area (Å²) < 4.78 is 1.46. The second-order valence-electron chi connectivity index (χ2n) is 7.33. The van der Waals surface area contributed by atoms with Gasteiger partial charge in [-0.25, -0.2) is 4.98 Å². The van der Waals surface area contributed by atoms with Gasteiger partial charge in [0.25, 0.3) is 5.56 Å². The molecule has 2 aromatic heterocycles. The van der Waals surface area contributed by atoms with Crippen LogP contribution in [0.2, 0.25) is 0 Å². The molecular formula is C24H23N3O2S. The number of hydrogen-bond acceptors (Lipinski definition) is 4. The van der Waals surface area contributed by atoms with Gasteiger partial charge in [-0.3, -0.25) is 14.2 Å². The van der Waals surface area contributed by atoms with E-state index in [0.29, 0.717) is 16.6 Å². The number of fused-ring (bicyclic) bond motifs is 1. The molecule has 1 amide bonds. The molecule has 2 heterocycles. The van der Waals surface area contributed by atoms with Crippen molar-refractivity contribution in [3.05, 3.63) is 81.7 Å². The Morgan fingerprint density at radius 3 is 2.47 bits per heavy atom. The molecule has 0 fully saturated rings. The van der Waals surface area contributed by atoms with Crippen LogP contribution < -0.4 is 10.9 Å². The normalized spacial score (nSPS) is 12.1. The van der Waals surface area contributed by atoms with Crippen LogP contribution in [0.25, 0.3) is 21.3 Å². The standard InChI is InChI=1S/C24H23N3O2S/c1-4-19(22(28)26-21-15(2)9-8-10-16(21)3)27-14-25-23-20(24(27)29)18(13-30-23)17-11-6-5-7-12-17/h5-14,19H,4H2,1-3H3,(H,26,28). The molecule has 5 nitrogen and oxygen atoms in total. The second-order valence-corrected chi connectivity index (χ2v) is 8.19. The van der Waals surface area contributed by atoms with Crippen LogP contribution in [0.3, 0.4) is 0 Å². The maximum atomic E-state index is 13.4. The Morgan fingerprint density at radius 1 is 1.10 bits per heavy atom. The lowest BCUT2D eigenvalue weighted by Gasteiger charge is -2.19. The first-order chi connectivity index (χ1) is 14.5. The van der Waals surface area contributed by atoms with Crippen molar-refractivity contribution in [3.8, 4) is 11.1 Å². The predicted octanol–water partition coefficient (Wildman–Crippen LogP) is 5.33. The van der Waals surface area contributed by atoms with Gasteiger partial charge >= 0.3 is 0 Å². The van der Waals surface area contributed by atoms with Gasteiger partial charge in [0.2, 0.25) is 5.91 Å². The zero-order valence-corrected chi connectivity index (χ0v) is 18.0. The van der Waals surface area contributed by atoms with E-state index in [4.69, 9.17) is 0 Å². The molecule has 1 unspecified atom stereocenters. The maximum absolute atomic E-state index is 13.4. The van der Waals surface area contributed by atoms with Crippen molar-refractivity contribution in [3.63, 3.8) is 0 Å². The molecule has 0 saturated heterocycles. The summed E-state index contributed by atoms with van der Waals surface area (Å²) in [6.07, 6.45) is 1.98. The summed E-state index contributed by atoms with van der Waals surface area (Å²) >= 11 is 1.44. The number of anilines is 1. The molecule has 4 rings (SSSR count). The first-order valence-corrected chi connectivity index (χ1v) is 10.8. The summed E-state index contributed by atoms with van der Waals surface area (Å²) in [6.45, 7) is 5.82. The van der Waals surface area contributed by atoms with E-state index >= 15 is 0 Å². The van der Waals surface area contributed by atoms with Gasteiger partial charge in [0.05, 0.1) is 11.7 Å². The molecule has 0 spiro atoms. The van der Waals surface area contributed by atoms with Gasteiger partial charge in [0.1, 0.15) is 10.9 Å². The zero-order valence-electron chi connectivity index (χ0n) is 17.2. The molecule has 0 aliphatic carbocycles. The highest BCUT2D eigenvalue weighted by atomic mass is 32.1. The van der Waals surface area contributed by atoms with Crippen molar-refractivity contribution in [1.29, 1.82) is 0 Å². The number of aryl methyl sites for hydroxylation is 2. The van der Waals surface area contributed by atoms with E-state index in [1.807, 2.05) is 74.7 Å². The van der Waals surface area contributed by atoms with Gasteiger partial charge in [-0.15, -0.1) is 11.3 Å². The lowest BCUT2D eigenvalue weighted by atomic mass is 10.1. The number of nitrogens with one attached hydrogen (secondary N) is 1. The molecule has 0 aliphatic heterocycles. The minimum Gasteiger partial charge on any atom is -0.324 e. The number of amides is 1. The van der Waals surface area contributed by atoms with Crippen LogP contribution in [0, 0.1) is 13.8 Å². The van der Waals surface area contributed by atoms with Crippen LogP contribution >= 0.6 is 11.3 Å². The van der Waals surface area contributed by atoms with Gasteiger partial charge in [-0.2, -0.15) is 0 Å². The minimum absolute atomic E-state index is 0.191. The number of carbonyl (C=O) groups is 1. The Balaban J connectivity index is 1.77. The average Bonchev–Trinajstić information content (AvgIpc) is 3.19. The van der Waals surface area contributed by atoms with Crippen molar-refractivity contribution in [2.45, 2.75) is 33.2 Å². The first-order valence-electron chi connectivity index (χ1n) is 9.92. The van der Waals surface area contributed by atoms with E-state index in [1.165, 1.54) is 22.2 Å². The monoisotopic (exact) mass is 417 g/mol. The summed E-state index contributed by atoms with van der Waals surface area (Å²) in [7, 11) is 0. The number of para-hydroxylation sites is 1. The summed E-state index contributed by atoms with van der Waals surface area (Å²) in [5, 5.41) is 5.54. The molecule has 0 bridgehead atoms. The van der Waals surface area contributed by atoms with Gasteiger partial charge in [-0.05, 0) is 37.0 Å². The largest absolute Gasteiger partial charge is 0.324 e. The third-order valence-corrected chi connectivity index (χ3v) is 6.24. The molecular weight excluding hydrogens is 394 g/mol. The fourth-order valence-corrected chi connectivity index (χ4v) is 4.63. The fraction of sp³-hybridized carbons (Fsp3) is 0.208. The lowest BCUT2D eigenvalue weighted by Crippen LogP contribution is -2.33. The summed E-state index contributed by atoms with van der Waals surface area (Å²) in [4.78, 5) is 31.7. The number of nitrogens with zero attached hydrogens (tertiary/aromatic N) is 2. The quantitative estimate of drug-likeness (QED) is 0.477. The number of thiophene rings is 1. The third kappa shape index (κ3) is 3.55. The van der Waals surface area contributed by atoms with Gasteiger partial charge in [0, 0.05) is 16.6 Å². The summed E-state index contributed by atoms with van der Waals surface area (Å²) in [5.74, 6) is -0.213. The lowest BCUT2D eigenvalue weighted by molar-refractivity contribution is -0.119. The van der Waals surface area contributed by atoms with Gasteiger partial charge in [-0.1, -0.05) is 55.5 Å². The number of aromatic nitrogens is 2. The summed E-state index contributed by atoms with van der Waals surface area (Å²) in [5.41, 5.74) is 4.40. The number of rotatable bonds is 5. The summed E-state index contributed by atoms with van der Waals surface area (Å²) in [6, 6.07) is 15.0. The Kier molecular flexibility index (Phi) is 5.50. The van der Waals surface area contributed by atoms with Crippen LogP contribution in [0.5, 0.6) is 0 Å². The van der Waals surface area contributed by atoms with Crippen LogP contribution in [-0.2, 0) is 4.79 Å². The highest BCUT2D eigenvalue weighted by Gasteiger charge is 2.23.